The van der Waals surface area contributed by atoms with Crippen molar-refractivity contribution in [3.05, 3.63) is 42.2 Å². The van der Waals surface area contributed by atoms with Crippen molar-refractivity contribution in [3.63, 3.8) is 0 Å². The van der Waals surface area contributed by atoms with E-state index in [1.54, 1.807) is 30.3 Å². The van der Waals surface area contributed by atoms with Gasteiger partial charge in [-0.25, -0.2) is 4.98 Å². The maximum Gasteiger partial charge on any atom is 0.322 e. The quantitative estimate of drug-likeness (QED) is 0.631. The van der Waals surface area contributed by atoms with E-state index in [0.717, 1.165) is 5.75 Å². The van der Waals surface area contributed by atoms with E-state index in [1.807, 2.05) is 6.92 Å². The highest BCUT2D eigenvalue weighted by molar-refractivity contribution is 5.92. The maximum atomic E-state index is 7.30. The van der Waals surface area contributed by atoms with Crippen LogP contribution in [-0.2, 0) is 0 Å². The third kappa shape index (κ3) is 3.41. The maximum absolute atomic E-state index is 7.30. The summed E-state index contributed by atoms with van der Waals surface area (Å²) in [5, 5.41) is 7.30. The monoisotopic (exact) mass is 258 g/mol. The van der Waals surface area contributed by atoms with Gasteiger partial charge in [-0.1, -0.05) is 0 Å². The van der Waals surface area contributed by atoms with Gasteiger partial charge in [-0.3, -0.25) is 5.41 Å². The first kappa shape index (κ1) is 12.8. The van der Waals surface area contributed by atoms with Crippen molar-refractivity contribution in [1.82, 2.24) is 9.97 Å². The minimum atomic E-state index is -0.126. The van der Waals surface area contributed by atoms with E-state index >= 15 is 0 Å². The molecule has 3 N–H and O–H groups in total. The molecule has 0 bridgehead atoms. The topological polar surface area (TPSA) is 94.1 Å². The summed E-state index contributed by atoms with van der Waals surface area (Å²) in [6.07, 6.45) is 1.49. The van der Waals surface area contributed by atoms with Gasteiger partial charge in [-0.05, 0) is 37.3 Å². The minimum absolute atomic E-state index is 0.126. The van der Waals surface area contributed by atoms with Crippen molar-refractivity contribution in [1.29, 1.82) is 5.41 Å². The lowest BCUT2D eigenvalue weighted by Crippen LogP contribution is -2.13. The van der Waals surface area contributed by atoms with Crippen LogP contribution in [0.2, 0.25) is 0 Å². The Balaban J connectivity index is 2.12. The summed E-state index contributed by atoms with van der Waals surface area (Å²) < 4.78 is 10.8. The summed E-state index contributed by atoms with van der Waals surface area (Å²) in [5.74, 6) is 1.23. The fourth-order valence-electron chi connectivity index (χ4n) is 1.42. The summed E-state index contributed by atoms with van der Waals surface area (Å²) in [7, 11) is 0. The highest BCUT2D eigenvalue weighted by Crippen LogP contribution is 2.21. The molecule has 0 fully saturated rings. The zero-order chi connectivity index (χ0) is 13.7. The Morgan fingerprint density at radius 2 is 1.89 bits per heavy atom. The molecule has 0 aliphatic rings. The van der Waals surface area contributed by atoms with Crippen molar-refractivity contribution < 1.29 is 9.47 Å². The van der Waals surface area contributed by atoms with E-state index in [4.69, 9.17) is 20.6 Å². The fourth-order valence-corrected chi connectivity index (χ4v) is 1.42. The highest BCUT2D eigenvalue weighted by Gasteiger charge is 2.04. The molecule has 0 spiro atoms. The zero-order valence-electron chi connectivity index (χ0n) is 10.5. The van der Waals surface area contributed by atoms with Crippen LogP contribution in [-0.4, -0.2) is 22.4 Å². The fraction of sp³-hybridized carbons (Fsp3) is 0.154. The zero-order valence-corrected chi connectivity index (χ0v) is 10.5. The lowest BCUT2D eigenvalue weighted by molar-refractivity contribution is 0.339. The number of nitrogens with two attached hydrogens (primary N) is 1. The predicted octanol–water partition coefficient (Wildman–Crippen LogP) is 1.95. The Hall–Kier alpha value is -2.63. The number of nitrogens with one attached hydrogen (secondary N) is 1. The Morgan fingerprint density at radius 1 is 1.21 bits per heavy atom. The van der Waals surface area contributed by atoms with Crippen LogP contribution in [0, 0.1) is 5.41 Å². The first-order chi connectivity index (χ1) is 9.19. The summed E-state index contributed by atoms with van der Waals surface area (Å²) in [5.41, 5.74) is 5.68. The van der Waals surface area contributed by atoms with Crippen molar-refractivity contribution in [2.75, 3.05) is 6.61 Å². The molecule has 19 heavy (non-hydrogen) atoms. The van der Waals surface area contributed by atoms with Gasteiger partial charge in [0.2, 0.25) is 0 Å². The largest absolute Gasteiger partial charge is 0.494 e. The molecule has 0 unspecified atom stereocenters. The van der Waals surface area contributed by atoms with Crippen molar-refractivity contribution in [2.45, 2.75) is 6.92 Å². The Labute approximate surface area is 110 Å². The van der Waals surface area contributed by atoms with E-state index in [2.05, 4.69) is 9.97 Å². The second kappa shape index (κ2) is 5.81. The Kier molecular flexibility index (Phi) is 3.92. The summed E-state index contributed by atoms with van der Waals surface area (Å²) in [4.78, 5) is 7.97. The van der Waals surface area contributed by atoms with Gasteiger partial charge >= 0.3 is 6.01 Å². The average molecular weight is 258 g/mol. The Morgan fingerprint density at radius 3 is 2.53 bits per heavy atom. The molecule has 6 heteroatoms. The molecular formula is C13H14N4O2. The number of rotatable bonds is 5. The molecule has 1 heterocycles. The molecule has 0 radical (unpaired) electrons. The molecule has 1 aromatic carbocycles. The molecule has 0 aliphatic heterocycles. The molecule has 0 atom stereocenters. The number of hydrogen-bond donors (Lipinski definition) is 2. The van der Waals surface area contributed by atoms with Crippen molar-refractivity contribution >= 4 is 5.84 Å². The highest BCUT2D eigenvalue weighted by atomic mass is 16.5. The SMILES string of the molecule is CCOc1ccc(Oc2nccc(C(=N)N)n2)cc1. The second-order valence-electron chi connectivity index (χ2n) is 3.64. The van der Waals surface area contributed by atoms with Crippen LogP contribution in [0.3, 0.4) is 0 Å². The molecule has 0 saturated heterocycles. The third-order valence-electron chi connectivity index (χ3n) is 2.25. The number of ether oxygens (including phenoxy) is 2. The summed E-state index contributed by atoms with van der Waals surface area (Å²) >= 11 is 0. The van der Waals surface area contributed by atoms with E-state index < -0.39 is 0 Å². The molecule has 2 aromatic rings. The van der Waals surface area contributed by atoms with Crippen LogP contribution >= 0.6 is 0 Å². The van der Waals surface area contributed by atoms with Crippen LogP contribution in [0.4, 0.5) is 0 Å². The number of amidine groups is 1. The summed E-state index contributed by atoms with van der Waals surface area (Å²) in [6, 6.07) is 8.81. The molecule has 2 rings (SSSR count). The molecule has 6 nitrogen and oxygen atoms in total. The van der Waals surface area contributed by atoms with Crippen LogP contribution in [0.25, 0.3) is 0 Å². The molecule has 0 amide bonds. The number of nitrogens with zero attached hydrogens (tertiary/aromatic N) is 2. The molecular weight excluding hydrogens is 244 g/mol. The van der Waals surface area contributed by atoms with Gasteiger partial charge < -0.3 is 15.2 Å². The first-order valence-electron chi connectivity index (χ1n) is 5.77. The Bertz CT molecular complexity index is 569. The third-order valence-corrected chi connectivity index (χ3v) is 2.25. The van der Waals surface area contributed by atoms with Gasteiger partial charge in [-0.2, -0.15) is 4.98 Å². The lowest BCUT2D eigenvalue weighted by atomic mass is 10.3. The number of benzene rings is 1. The van der Waals surface area contributed by atoms with Crippen LogP contribution in [0.15, 0.2) is 36.5 Å². The molecule has 1 aromatic heterocycles. The molecule has 0 aliphatic carbocycles. The number of nitrogen functional groups attached to an aromatic ring is 1. The van der Waals surface area contributed by atoms with E-state index in [1.165, 1.54) is 6.20 Å². The standard InChI is InChI=1S/C13H14N4O2/c1-2-18-9-3-5-10(6-4-9)19-13-16-8-7-11(17-13)12(14)15/h3-8H,2H2,1H3,(H3,14,15). The van der Waals surface area contributed by atoms with Gasteiger partial charge in [0.25, 0.3) is 0 Å². The number of hydrogen-bond acceptors (Lipinski definition) is 5. The van der Waals surface area contributed by atoms with Crippen molar-refractivity contribution in [3.8, 4) is 17.5 Å². The van der Waals surface area contributed by atoms with Crippen molar-refractivity contribution in [2.24, 2.45) is 5.73 Å². The lowest BCUT2D eigenvalue weighted by Gasteiger charge is -2.06. The van der Waals surface area contributed by atoms with E-state index in [-0.39, 0.29) is 11.8 Å². The van der Waals surface area contributed by atoms with Gasteiger partial charge in [0.15, 0.2) is 0 Å². The van der Waals surface area contributed by atoms with Gasteiger partial charge in [0, 0.05) is 6.20 Å². The van der Waals surface area contributed by atoms with Crippen LogP contribution < -0.4 is 15.2 Å². The normalized spacial score (nSPS) is 9.95. The van der Waals surface area contributed by atoms with Gasteiger partial charge in [-0.15, -0.1) is 0 Å². The summed E-state index contributed by atoms with van der Waals surface area (Å²) in [6.45, 7) is 2.54. The smallest absolute Gasteiger partial charge is 0.322 e. The molecule has 0 saturated carbocycles. The second-order valence-corrected chi connectivity index (χ2v) is 3.64. The van der Waals surface area contributed by atoms with Gasteiger partial charge in [0.05, 0.1) is 6.61 Å². The predicted molar refractivity (Wildman–Crippen MR) is 70.7 cm³/mol. The average Bonchev–Trinajstić information content (AvgIpc) is 2.42. The number of aromatic nitrogens is 2. The van der Waals surface area contributed by atoms with E-state index in [0.29, 0.717) is 18.1 Å². The van der Waals surface area contributed by atoms with Crippen LogP contribution in [0.5, 0.6) is 17.5 Å². The van der Waals surface area contributed by atoms with Gasteiger partial charge in [0.1, 0.15) is 23.0 Å². The minimum Gasteiger partial charge on any atom is -0.494 e. The van der Waals surface area contributed by atoms with E-state index in [9.17, 15) is 0 Å². The molecule has 98 valence electrons. The first-order valence-corrected chi connectivity index (χ1v) is 5.77. The van der Waals surface area contributed by atoms with Crippen LogP contribution in [0.1, 0.15) is 12.6 Å².